The number of hydrogen-bond acceptors (Lipinski definition) is 3. The Morgan fingerprint density at radius 2 is 1.72 bits per heavy atom. The van der Waals surface area contributed by atoms with Crippen molar-refractivity contribution in [3.05, 3.63) is 24.3 Å². The summed E-state index contributed by atoms with van der Waals surface area (Å²) in [5.41, 5.74) is 0. The molecule has 3 nitrogen and oxygen atoms in total. The number of rotatable bonds is 3. The fraction of sp³-hybridized carbons (Fsp3) is 0.533. The number of methoxy groups -OCH3 is 1. The fourth-order valence-corrected chi connectivity index (χ4v) is 2.39. The Hall–Kier alpha value is -1.69. The molecule has 2 atom stereocenters. The van der Waals surface area contributed by atoms with Crippen molar-refractivity contribution in [2.75, 3.05) is 7.11 Å². The Bertz CT molecular complexity index is 407. The van der Waals surface area contributed by atoms with E-state index in [-0.39, 0.29) is 12.0 Å². The molecule has 1 aliphatic carbocycles. The monoisotopic (exact) mass is 245 g/mol. The lowest BCUT2D eigenvalue weighted by Crippen LogP contribution is -2.24. The van der Waals surface area contributed by atoms with Crippen LogP contribution >= 0.6 is 0 Å². The highest BCUT2D eigenvalue weighted by Gasteiger charge is 2.25. The first-order valence-electron chi connectivity index (χ1n) is 6.54. The quantitative estimate of drug-likeness (QED) is 0.765. The second-order valence-electron chi connectivity index (χ2n) is 4.71. The van der Waals surface area contributed by atoms with Crippen LogP contribution in [0.1, 0.15) is 32.1 Å². The highest BCUT2D eigenvalue weighted by Crippen LogP contribution is 2.28. The van der Waals surface area contributed by atoms with Gasteiger partial charge in [-0.25, -0.2) is 0 Å². The molecule has 0 spiro atoms. The molecule has 0 saturated heterocycles. The molecule has 0 N–H and O–H groups in total. The minimum atomic E-state index is 0.0228. The molecule has 0 aromatic heterocycles. The summed E-state index contributed by atoms with van der Waals surface area (Å²) in [4.78, 5) is 0. The van der Waals surface area contributed by atoms with Gasteiger partial charge in [0.1, 0.15) is 17.6 Å². The average Bonchev–Trinajstić information content (AvgIpc) is 2.64. The minimum absolute atomic E-state index is 0.0228. The van der Waals surface area contributed by atoms with Crippen molar-refractivity contribution in [2.45, 2.75) is 38.2 Å². The van der Waals surface area contributed by atoms with Gasteiger partial charge < -0.3 is 9.47 Å². The lowest BCUT2D eigenvalue weighted by Gasteiger charge is -2.21. The normalized spacial score (nSPS) is 23.8. The maximum atomic E-state index is 9.20. The summed E-state index contributed by atoms with van der Waals surface area (Å²) < 4.78 is 11.1. The number of hydrogen-bond donors (Lipinski definition) is 0. The van der Waals surface area contributed by atoms with E-state index < -0.39 is 0 Å². The van der Waals surface area contributed by atoms with Crippen molar-refractivity contribution >= 4 is 0 Å². The van der Waals surface area contributed by atoms with E-state index in [2.05, 4.69) is 6.07 Å². The summed E-state index contributed by atoms with van der Waals surface area (Å²) in [7, 11) is 1.65. The average molecular weight is 245 g/mol. The number of benzene rings is 1. The Balaban J connectivity index is 2.03. The van der Waals surface area contributed by atoms with E-state index in [1.165, 1.54) is 6.42 Å². The first-order valence-corrected chi connectivity index (χ1v) is 6.54. The Labute approximate surface area is 108 Å². The van der Waals surface area contributed by atoms with Crippen LogP contribution in [0.4, 0.5) is 0 Å². The predicted molar refractivity (Wildman–Crippen MR) is 69.6 cm³/mol. The van der Waals surface area contributed by atoms with Gasteiger partial charge in [0.15, 0.2) is 0 Å². The Morgan fingerprint density at radius 3 is 2.39 bits per heavy atom. The molecule has 0 bridgehead atoms. The van der Waals surface area contributed by atoms with Crippen LogP contribution in [0.3, 0.4) is 0 Å². The van der Waals surface area contributed by atoms with Crippen molar-refractivity contribution in [1.29, 1.82) is 5.26 Å². The molecular formula is C15H19NO2. The molecule has 96 valence electrons. The van der Waals surface area contributed by atoms with Crippen LogP contribution in [0.15, 0.2) is 24.3 Å². The van der Waals surface area contributed by atoms with Gasteiger partial charge in [0, 0.05) is 0 Å². The lowest BCUT2D eigenvalue weighted by atomic mass is 9.99. The van der Waals surface area contributed by atoms with E-state index in [0.29, 0.717) is 0 Å². The third-order valence-corrected chi connectivity index (χ3v) is 3.47. The smallest absolute Gasteiger partial charge is 0.120 e. The molecule has 1 aliphatic rings. The van der Waals surface area contributed by atoms with Gasteiger partial charge in [-0.2, -0.15) is 5.26 Å². The van der Waals surface area contributed by atoms with Crippen molar-refractivity contribution in [3.8, 4) is 17.6 Å². The van der Waals surface area contributed by atoms with E-state index in [4.69, 9.17) is 9.47 Å². The van der Waals surface area contributed by atoms with E-state index in [0.717, 1.165) is 37.2 Å². The highest BCUT2D eigenvalue weighted by atomic mass is 16.5. The molecule has 18 heavy (non-hydrogen) atoms. The van der Waals surface area contributed by atoms with Gasteiger partial charge in [0.25, 0.3) is 0 Å². The molecule has 1 aromatic carbocycles. The molecule has 0 aliphatic heterocycles. The van der Waals surface area contributed by atoms with Crippen molar-refractivity contribution in [1.82, 2.24) is 0 Å². The van der Waals surface area contributed by atoms with Crippen LogP contribution in [0.5, 0.6) is 11.5 Å². The van der Waals surface area contributed by atoms with Crippen LogP contribution in [-0.2, 0) is 0 Å². The van der Waals surface area contributed by atoms with Crippen molar-refractivity contribution in [3.63, 3.8) is 0 Å². The third-order valence-electron chi connectivity index (χ3n) is 3.47. The standard InChI is InChI=1S/C15H19NO2/c1-17-13-7-9-14(10-8-13)18-15-6-4-2-3-5-12(15)11-16/h7-10,12,15H,2-6H2,1H3. The lowest BCUT2D eigenvalue weighted by molar-refractivity contribution is 0.152. The van der Waals surface area contributed by atoms with E-state index in [1.807, 2.05) is 24.3 Å². The predicted octanol–water partition coefficient (Wildman–Crippen LogP) is 3.55. The summed E-state index contributed by atoms with van der Waals surface area (Å²) >= 11 is 0. The van der Waals surface area contributed by atoms with E-state index in [9.17, 15) is 5.26 Å². The second kappa shape index (κ2) is 6.30. The summed E-state index contributed by atoms with van der Waals surface area (Å²) in [6.07, 6.45) is 5.47. The molecular weight excluding hydrogens is 226 g/mol. The van der Waals surface area contributed by atoms with E-state index in [1.54, 1.807) is 7.11 Å². The van der Waals surface area contributed by atoms with Gasteiger partial charge in [0.2, 0.25) is 0 Å². The van der Waals surface area contributed by atoms with Crippen LogP contribution in [0.25, 0.3) is 0 Å². The number of ether oxygens (including phenoxy) is 2. The zero-order chi connectivity index (χ0) is 12.8. The number of nitriles is 1. The molecule has 1 saturated carbocycles. The molecule has 0 amide bonds. The van der Waals surface area contributed by atoms with Gasteiger partial charge in [-0.05, 0) is 43.5 Å². The molecule has 0 heterocycles. The summed E-state index contributed by atoms with van der Waals surface area (Å²) in [6.45, 7) is 0. The molecule has 2 rings (SSSR count). The van der Waals surface area contributed by atoms with Crippen LogP contribution in [-0.4, -0.2) is 13.2 Å². The molecule has 3 heteroatoms. The molecule has 2 unspecified atom stereocenters. The van der Waals surface area contributed by atoms with Crippen LogP contribution in [0.2, 0.25) is 0 Å². The van der Waals surface area contributed by atoms with Crippen molar-refractivity contribution in [2.24, 2.45) is 5.92 Å². The summed E-state index contributed by atoms with van der Waals surface area (Å²) in [5, 5.41) is 9.20. The first kappa shape index (κ1) is 12.8. The summed E-state index contributed by atoms with van der Waals surface area (Å²) in [6, 6.07) is 9.95. The second-order valence-corrected chi connectivity index (χ2v) is 4.71. The maximum Gasteiger partial charge on any atom is 0.120 e. The van der Waals surface area contributed by atoms with E-state index >= 15 is 0 Å². The zero-order valence-corrected chi connectivity index (χ0v) is 10.8. The van der Waals surface area contributed by atoms with Gasteiger partial charge >= 0.3 is 0 Å². The Morgan fingerprint density at radius 1 is 1.06 bits per heavy atom. The third kappa shape index (κ3) is 3.16. The summed E-state index contributed by atoms with van der Waals surface area (Å²) in [5.74, 6) is 1.66. The molecule has 0 radical (unpaired) electrons. The van der Waals surface area contributed by atoms with Gasteiger partial charge in [0.05, 0.1) is 19.1 Å². The zero-order valence-electron chi connectivity index (χ0n) is 10.8. The van der Waals surface area contributed by atoms with Gasteiger partial charge in [-0.3, -0.25) is 0 Å². The SMILES string of the molecule is COc1ccc(OC2CCCCCC2C#N)cc1. The first-order chi connectivity index (χ1) is 8.83. The molecule has 1 aromatic rings. The van der Waals surface area contributed by atoms with Gasteiger partial charge in [-0.1, -0.05) is 12.8 Å². The highest BCUT2D eigenvalue weighted by molar-refractivity contribution is 5.31. The van der Waals surface area contributed by atoms with Crippen LogP contribution in [0, 0.1) is 17.2 Å². The fourth-order valence-electron chi connectivity index (χ4n) is 2.39. The maximum absolute atomic E-state index is 9.20. The van der Waals surface area contributed by atoms with Crippen molar-refractivity contribution < 1.29 is 9.47 Å². The van der Waals surface area contributed by atoms with Crippen LogP contribution < -0.4 is 9.47 Å². The van der Waals surface area contributed by atoms with Gasteiger partial charge in [-0.15, -0.1) is 0 Å². The number of nitrogens with zero attached hydrogens (tertiary/aromatic N) is 1. The largest absolute Gasteiger partial charge is 0.497 e. The topological polar surface area (TPSA) is 42.2 Å². The minimum Gasteiger partial charge on any atom is -0.497 e. The molecule has 1 fully saturated rings. The Kier molecular flexibility index (Phi) is 4.46.